The highest BCUT2D eigenvalue weighted by atomic mass is 16.5. The van der Waals surface area contributed by atoms with Crippen LogP contribution in [0.15, 0.2) is 18.2 Å². The molecule has 1 fully saturated rings. The van der Waals surface area contributed by atoms with Crippen LogP contribution in [0.5, 0.6) is 11.5 Å². The molecule has 2 unspecified atom stereocenters. The van der Waals surface area contributed by atoms with Crippen molar-refractivity contribution in [2.24, 2.45) is 0 Å². The Balaban J connectivity index is 1.90. The van der Waals surface area contributed by atoms with Crippen molar-refractivity contribution in [3.63, 3.8) is 0 Å². The molecule has 2 atom stereocenters. The summed E-state index contributed by atoms with van der Waals surface area (Å²) in [5, 5.41) is 3.61. The van der Waals surface area contributed by atoms with Gasteiger partial charge >= 0.3 is 0 Å². The highest BCUT2D eigenvalue weighted by molar-refractivity contribution is 5.42. The van der Waals surface area contributed by atoms with Crippen LogP contribution in [0.25, 0.3) is 0 Å². The third-order valence-corrected chi connectivity index (χ3v) is 3.87. The minimum absolute atomic E-state index is 0.409. The lowest BCUT2D eigenvalue weighted by Crippen LogP contribution is -2.38. The van der Waals surface area contributed by atoms with Gasteiger partial charge in [0, 0.05) is 19.2 Å². The van der Waals surface area contributed by atoms with E-state index in [-0.39, 0.29) is 0 Å². The number of nitrogens with one attached hydrogen (secondary N) is 1. The molecule has 0 radical (unpaired) electrons. The zero-order valence-corrected chi connectivity index (χ0v) is 12.6. The lowest BCUT2D eigenvalue weighted by Gasteiger charge is -2.29. The van der Waals surface area contributed by atoms with Crippen molar-refractivity contribution in [1.29, 1.82) is 0 Å². The summed E-state index contributed by atoms with van der Waals surface area (Å²) in [6, 6.07) is 6.60. The largest absolute Gasteiger partial charge is 0.493 e. The number of benzene rings is 1. The smallest absolute Gasteiger partial charge is 0.161 e. The maximum Gasteiger partial charge on any atom is 0.161 e. The summed E-state index contributed by atoms with van der Waals surface area (Å²) >= 11 is 0. The normalized spacial score (nSPS) is 22.6. The summed E-state index contributed by atoms with van der Waals surface area (Å²) in [5.41, 5.74) is 1.21. The van der Waals surface area contributed by atoms with Gasteiger partial charge in [0.1, 0.15) is 0 Å². The second-order valence-electron chi connectivity index (χ2n) is 5.19. The lowest BCUT2D eigenvalue weighted by molar-refractivity contribution is -0.000321. The van der Waals surface area contributed by atoms with Crippen molar-refractivity contribution in [2.75, 3.05) is 20.8 Å². The zero-order valence-electron chi connectivity index (χ0n) is 12.6. The molecular weight excluding hydrogens is 254 g/mol. The highest BCUT2D eigenvalue weighted by Gasteiger charge is 2.20. The van der Waals surface area contributed by atoms with Gasteiger partial charge in [0.15, 0.2) is 11.5 Å². The van der Waals surface area contributed by atoms with Crippen LogP contribution >= 0.6 is 0 Å². The highest BCUT2D eigenvalue weighted by Crippen LogP contribution is 2.27. The minimum atomic E-state index is 0.409. The molecule has 0 aliphatic carbocycles. The van der Waals surface area contributed by atoms with E-state index in [1.54, 1.807) is 14.2 Å². The van der Waals surface area contributed by atoms with Gasteiger partial charge < -0.3 is 19.5 Å². The van der Waals surface area contributed by atoms with Gasteiger partial charge in [-0.2, -0.15) is 0 Å². The summed E-state index contributed by atoms with van der Waals surface area (Å²) < 4.78 is 16.3. The Hall–Kier alpha value is -1.26. The summed E-state index contributed by atoms with van der Waals surface area (Å²) in [6.45, 7) is 3.89. The summed E-state index contributed by atoms with van der Waals surface area (Å²) in [5.74, 6) is 1.55. The number of hydrogen-bond donors (Lipinski definition) is 1. The average Bonchev–Trinajstić information content (AvgIpc) is 2.52. The molecule has 20 heavy (non-hydrogen) atoms. The van der Waals surface area contributed by atoms with Crippen LogP contribution in [0, 0.1) is 0 Å². The number of ether oxygens (including phenoxy) is 3. The molecule has 1 N–H and O–H groups in total. The zero-order chi connectivity index (χ0) is 14.4. The fraction of sp³-hybridized carbons (Fsp3) is 0.625. The summed E-state index contributed by atoms with van der Waals surface area (Å²) in [4.78, 5) is 0. The van der Waals surface area contributed by atoms with Gasteiger partial charge in [-0.15, -0.1) is 0 Å². The number of rotatable bonds is 6. The van der Waals surface area contributed by atoms with Gasteiger partial charge in [0.2, 0.25) is 0 Å². The van der Waals surface area contributed by atoms with Crippen molar-refractivity contribution < 1.29 is 14.2 Å². The Kier molecular flexibility index (Phi) is 5.68. The topological polar surface area (TPSA) is 39.7 Å². The molecule has 4 heteroatoms. The van der Waals surface area contributed by atoms with Gasteiger partial charge in [-0.1, -0.05) is 13.0 Å². The molecule has 112 valence electrons. The van der Waals surface area contributed by atoms with Crippen LogP contribution in [0.2, 0.25) is 0 Å². The Morgan fingerprint density at radius 3 is 2.75 bits per heavy atom. The maximum atomic E-state index is 5.70. The standard InChI is InChI=1S/C16H25NO3/c1-4-14-10-13(7-8-20-14)17-11-12-5-6-15(18-2)16(9-12)19-3/h5-6,9,13-14,17H,4,7-8,10-11H2,1-3H3. The van der Waals surface area contributed by atoms with Crippen molar-refractivity contribution in [2.45, 2.75) is 44.9 Å². The van der Waals surface area contributed by atoms with Crippen LogP contribution < -0.4 is 14.8 Å². The SMILES string of the molecule is CCC1CC(NCc2ccc(OC)c(OC)c2)CCO1. The molecule has 0 spiro atoms. The van der Waals surface area contributed by atoms with Crippen molar-refractivity contribution in [1.82, 2.24) is 5.32 Å². The van der Waals surface area contributed by atoms with Gasteiger partial charge in [-0.05, 0) is 37.0 Å². The molecule has 0 aromatic heterocycles. The minimum Gasteiger partial charge on any atom is -0.493 e. The van der Waals surface area contributed by atoms with E-state index in [1.165, 1.54) is 5.56 Å². The Bertz CT molecular complexity index is 422. The first-order valence-corrected chi connectivity index (χ1v) is 7.32. The van der Waals surface area contributed by atoms with E-state index in [0.717, 1.165) is 43.9 Å². The molecule has 1 aliphatic heterocycles. The fourth-order valence-electron chi connectivity index (χ4n) is 2.60. The molecule has 0 saturated carbocycles. The third kappa shape index (κ3) is 3.87. The fourth-order valence-corrected chi connectivity index (χ4v) is 2.60. The Morgan fingerprint density at radius 1 is 1.25 bits per heavy atom. The van der Waals surface area contributed by atoms with Crippen LogP contribution in [-0.4, -0.2) is 33.0 Å². The summed E-state index contributed by atoms with van der Waals surface area (Å²) in [6.07, 6.45) is 3.69. The molecule has 4 nitrogen and oxygen atoms in total. The van der Waals surface area contributed by atoms with E-state index < -0.39 is 0 Å². The Morgan fingerprint density at radius 2 is 2.05 bits per heavy atom. The maximum absolute atomic E-state index is 5.70. The first kappa shape index (κ1) is 15.1. The average molecular weight is 279 g/mol. The Labute approximate surface area is 121 Å². The first-order valence-electron chi connectivity index (χ1n) is 7.32. The van der Waals surface area contributed by atoms with E-state index in [9.17, 15) is 0 Å². The third-order valence-electron chi connectivity index (χ3n) is 3.87. The number of hydrogen-bond acceptors (Lipinski definition) is 4. The molecule has 1 aromatic rings. The van der Waals surface area contributed by atoms with E-state index in [0.29, 0.717) is 12.1 Å². The molecule has 1 saturated heterocycles. The van der Waals surface area contributed by atoms with Crippen LogP contribution in [-0.2, 0) is 11.3 Å². The predicted molar refractivity (Wildman–Crippen MR) is 79.4 cm³/mol. The lowest BCUT2D eigenvalue weighted by atomic mass is 10.0. The molecule has 1 aliphatic rings. The molecule has 0 bridgehead atoms. The van der Waals surface area contributed by atoms with Crippen LogP contribution in [0.1, 0.15) is 31.7 Å². The van der Waals surface area contributed by atoms with Gasteiger partial charge in [0.25, 0.3) is 0 Å². The monoisotopic (exact) mass is 279 g/mol. The molecule has 1 heterocycles. The van der Waals surface area contributed by atoms with E-state index >= 15 is 0 Å². The predicted octanol–water partition coefficient (Wildman–Crippen LogP) is 2.75. The number of methoxy groups -OCH3 is 2. The second-order valence-corrected chi connectivity index (χ2v) is 5.19. The van der Waals surface area contributed by atoms with E-state index in [4.69, 9.17) is 14.2 Å². The summed E-state index contributed by atoms with van der Waals surface area (Å²) in [7, 11) is 3.32. The molecule has 1 aromatic carbocycles. The second kappa shape index (κ2) is 7.50. The van der Waals surface area contributed by atoms with Gasteiger partial charge in [-0.25, -0.2) is 0 Å². The quantitative estimate of drug-likeness (QED) is 0.869. The van der Waals surface area contributed by atoms with E-state index in [1.807, 2.05) is 12.1 Å². The van der Waals surface area contributed by atoms with Crippen molar-refractivity contribution in [3.05, 3.63) is 23.8 Å². The van der Waals surface area contributed by atoms with Crippen LogP contribution in [0.3, 0.4) is 0 Å². The molecule has 0 amide bonds. The van der Waals surface area contributed by atoms with Gasteiger partial charge in [0.05, 0.1) is 20.3 Å². The van der Waals surface area contributed by atoms with Crippen molar-refractivity contribution >= 4 is 0 Å². The van der Waals surface area contributed by atoms with Gasteiger partial charge in [-0.3, -0.25) is 0 Å². The van der Waals surface area contributed by atoms with E-state index in [2.05, 4.69) is 18.3 Å². The van der Waals surface area contributed by atoms with Crippen LogP contribution in [0.4, 0.5) is 0 Å². The molecular formula is C16H25NO3. The molecule has 2 rings (SSSR count). The van der Waals surface area contributed by atoms with Crippen molar-refractivity contribution in [3.8, 4) is 11.5 Å². The first-order chi connectivity index (χ1) is 9.76.